The summed E-state index contributed by atoms with van der Waals surface area (Å²) in [5.74, 6) is 0.0415. The Hall–Kier alpha value is -2.69. The first kappa shape index (κ1) is 23.6. The maximum atomic E-state index is 12.0. The van der Waals surface area contributed by atoms with Gasteiger partial charge in [0.2, 0.25) is 11.8 Å². The lowest BCUT2D eigenvalue weighted by atomic mass is 9.96. The van der Waals surface area contributed by atoms with Crippen LogP contribution in [0.4, 0.5) is 5.00 Å². The molecule has 1 atom stereocenters. The Morgan fingerprint density at radius 3 is 2.57 bits per heavy atom. The summed E-state index contributed by atoms with van der Waals surface area (Å²) in [5, 5.41) is 16.8. The van der Waals surface area contributed by atoms with Gasteiger partial charge < -0.3 is 30.9 Å². The van der Waals surface area contributed by atoms with Crippen molar-refractivity contribution in [1.82, 2.24) is 10.3 Å². The summed E-state index contributed by atoms with van der Waals surface area (Å²) in [6, 6.07) is 6.56. The number of aliphatic hydroxyl groups excluding tert-OH is 1. The first-order valence-electron chi connectivity index (χ1n) is 9.46. The van der Waals surface area contributed by atoms with E-state index in [2.05, 4.69) is 15.6 Å². The van der Waals surface area contributed by atoms with Gasteiger partial charge >= 0.3 is 0 Å². The average Bonchev–Trinajstić information content (AvgIpc) is 3.13. The number of primary amides is 1. The molecule has 0 spiro atoms. The standard InChI is InChI=1S/C20H28N4O5S/c1-20(2,3)18(27)24-16-11-23-19(30-16)29-12-14(25)10-22-8-9-28-15-6-4-13(5-7-15)17(21)26/h4-7,11,14,22,25H,8-10,12H2,1-3H3,(H2,21,26)(H,24,27). The third-order valence-electron chi connectivity index (χ3n) is 3.87. The lowest BCUT2D eigenvalue weighted by molar-refractivity contribution is -0.123. The Morgan fingerprint density at radius 2 is 1.93 bits per heavy atom. The molecule has 2 rings (SSSR count). The number of nitrogens with one attached hydrogen (secondary N) is 2. The quantitative estimate of drug-likeness (QED) is 0.393. The Kier molecular flexibility index (Phi) is 8.58. The highest BCUT2D eigenvalue weighted by atomic mass is 32.1. The van der Waals surface area contributed by atoms with Crippen molar-refractivity contribution in [3.8, 4) is 10.9 Å². The van der Waals surface area contributed by atoms with Crippen molar-refractivity contribution in [3.05, 3.63) is 36.0 Å². The van der Waals surface area contributed by atoms with Gasteiger partial charge in [0.1, 0.15) is 30.1 Å². The summed E-state index contributed by atoms with van der Waals surface area (Å²) < 4.78 is 11.0. The Morgan fingerprint density at radius 1 is 1.23 bits per heavy atom. The van der Waals surface area contributed by atoms with E-state index >= 15 is 0 Å². The zero-order chi connectivity index (χ0) is 22.1. The lowest BCUT2D eigenvalue weighted by Gasteiger charge is -2.16. The van der Waals surface area contributed by atoms with Crippen LogP contribution in [-0.4, -0.2) is 54.3 Å². The molecule has 0 aliphatic rings. The molecule has 9 nitrogen and oxygen atoms in total. The van der Waals surface area contributed by atoms with Gasteiger partial charge in [0, 0.05) is 24.1 Å². The molecule has 0 saturated carbocycles. The van der Waals surface area contributed by atoms with E-state index in [1.54, 1.807) is 24.3 Å². The third kappa shape index (κ3) is 7.97. The second-order valence-electron chi connectivity index (χ2n) is 7.60. The Bertz CT molecular complexity index is 832. The number of thiazole rings is 1. The van der Waals surface area contributed by atoms with Crippen molar-refractivity contribution in [2.45, 2.75) is 26.9 Å². The van der Waals surface area contributed by atoms with Crippen molar-refractivity contribution in [1.29, 1.82) is 0 Å². The van der Waals surface area contributed by atoms with Crippen LogP contribution in [0.2, 0.25) is 0 Å². The smallest absolute Gasteiger partial charge is 0.275 e. The number of nitrogens with zero attached hydrogens (tertiary/aromatic N) is 1. The Labute approximate surface area is 179 Å². The lowest BCUT2D eigenvalue weighted by Crippen LogP contribution is -2.33. The maximum Gasteiger partial charge on any atom is 0.275 e. The number of carbonyl (C=O) groups excluding carboxylic acids is 2. The van der Waals surface area contributed by atoms with Crippen molar-refractivity contribution >= 4 is 28.2 Å². The SMILES string of the molecule is CC(C)(C)C(=O)Nc1cnc(OCC(O)CNCCOc2ccc(C(N)=O)cc2)s1. The molecule has 164 valence electrons. The van der Waals surface area contributed by atoms with Crippen LogP contribution in [0.25, 0.3) is 0 Å². The van der Waals surface area contributed by atoms with E-state index in [1.165, 1.54) is 17.5 Å². The van der Waals surface area contributed by atoms with Crippen LogP contribution >= 0.6 is 11.3 Å². The second-order valence-corrected chi connectivity index (χ2v) is 8.59. The molecule has 2 amide bonds. The number of carbonyl (C=O) groups is 2. The molecule has 0 bridgehead atoms. The fraction of sp³-hybridized carbons (Fsp3) is 0.450. The van der Waals surface area contributed by atoms with Gasteiger partial charge in [-0.15, -0.1) is 0 Å². The van der Waals surface area contributed by atoms with Gasteiger partial charge in [-0.25, -0.2) is 4.98 Å². The molecule has 0 radical (unpaired) electrons. The van der Waals surface area contributed by atoms with Gasteiger partial charge in [0.05, 0.1) is 6.20 Å². The second kappa shape index (κ2) is 10.9. The first-order chi connectivity index (χ1) is 14.1. The molecule has 2 aromatic rings. The van der Waals surface area contributed by atoms with Crippen LogP contribution in [0.5, 0.6) is 10.9 Å². The fourth-order valence-electron chi connectivity index (χ4n) is 2.13. The van der Waals surface area contributed by atoms with E-state index in [1.807, 2.05) is 20.8 Å². The highest BCUT2D eigenvalue weighted by Crippen LogP contribution is 2.27. The largest absolute Gasteiger partial charge is 0.492 e. The van der Waals surface area contributed by atoms with E-state index in [-0.39, 0.29) is 12.5 Å². The number of hydrogen-bond donors (Lipinski definition) is 4. The molecule has 0 fully saturated rings. The number of nitrogens with two attached hydrogens (primary N) is 1. The number of anilines is 1. The number of rotatable bonds is 11. The highest BCUT2D eigenvalue weighted by molar-refractivity contribution is 7.17. The van der Waals surface area contributed by atoms with Crippen molar-refractivity contribution < 1.29 is 24.2 Å². The van der Waals surface area contributed by atoms with Crippen molar-refractivity contribution in [2.24, 2.45) is 11.1 Å². The zero-order valence-corrected chi connectivity index (χ0v) is 18.1. The number of aromatic nitrogens is 1. The van der Waals surface area contributed by atoms with Crippen LogP contribution in [0.1, 0.15) is 31.1 Å². The maximum absolute atomic E-state index is 12.0. The fourth-order valence-corrected chi connectivity index (χ4v) is 2.80. The topological polar surface area (TPSA) is 136 Å². The molecule has 1 heterocycles. The third-order valence-corrected chi connectivity index (χ3v) is 4.69. The predicted octanol–water partition coefficient (Wildman–Crippen LogP) is 1.63. The highest BCUT2D eigenvalue weighted by Gasteiger charge is 2.22. The number of aliphatic hydroxyl groups is 1. The zero-order valence-electron chi connectivity index (χ0n) is 17.3. The van der Waals surface area contributed by atoms with Crippen LogP contribution < -0.4 is 25.8 Å². The van der Waals surface area contributed by atoms with Gasteiger partial charge in [0.15, 0.2) is 0 Å². The molecule has 0 saturated heterocycles. The van der Waals surface area contributed by atoms with E-state index < -0.39 is 17.4 Å². The molecule has 1 aromatic heterocycles. The minimum Gasteiger partial charge on any atom is -0.492 e. The molecule has 0 aliphatic carbocycles. The van der Waals surface area contributed by atoms with Crippen LogP contribution in [0.3, 0.4) is 0 Å². The van der Waals surface area contributed by atoms with Gasteiger partial charge in [-0.3, -0.25) is 9.59 Å². The number of benzene rings is 1. The van der Waals surface area contributed by atoms with Gasteiger partial charge in [-0.2, -0.15) is 0 Å². The summed E-state index contributed by atoms with van der Waals surface area (Å²) in [7, 11) is 0. The first-order valence-corrected chi connectivity index (χ1v) is 10.3. The molecular weight excluding hydrogens is 408 g/mol. The normalized spacial score (nSPS) is 12.3. The summed E-state index contributed by atoms with van der Waals surface area (Å²) in [6.07, 6.45) is 0.804. The summed E-state index contributed by atoms with van der Waals surface area (Å²) in [6.45, 7) is 6.80. The van der Waals surface area contributed by atoms with E-state index in [9.17, 15) is 14.7 Å². The monoisotopic (exact) mass is 436 g/mol. The van der Waals surface area contributed by atoms with Crippen LogP contribution in [-0.2, 0) is 4.79 Å². The van der Waals surface area contributed by atoms with Gasteiger partial charge in [-0.05, 0) is 24.3 Å². The minimum absolute atomic E-state index is 0.0720. The average molecular weight is 437 g/mol. The summed E-state index contributed by atoms with van der Waals surface area (Å²) in [4.78, 5) is 27.1. The Balaban J connectivity index is 1.61. The molecular formula is C20H28N4O5S. The number of ether oxygens (including phenoxy) is 2. The van der Waals surface area contributed by atoms with E-state index in [0.717, 1.165) is 0 Å². The number of hydrogen-bond acceptors (Lipinski definition) is 8. The van der Waals surface area contributed by atoms with E-state index in [4.69, 9.17) is 15.2 Å². The van der Waals surface area contributed by atoms with Gasteiger partial charge in [-0.1, -0.05) is 32.1 Å². The van der Waals surface area contributed by atoms with E-state index in [0.29, 0.717) is 41.2 Å². The summed E-state index contributed by atoms with van der Waals surface area (Å²) >= 11 is 1.21. The van der Waals surface area contributed by atoms with Crippen molar-refractivity contribution in [2.75, 3.05) is 31.6 Å². The molecule has 1 aromatic carbocycles. The minimum atomic E-state index is -0.726. The van der Waals surface area contributed by atoms with Crippen molar-refractivity contribution in [3.63, 3.8) is 0 Å². The molecule has 30 heavy (non-hydrogen) atoms. The van der Waals surface area contributed by atoms with Crippen LogP contribution in [0.15, 0.2) is 30.5 Å². The van der Waals surface area contributed by atoms with Gasteiger partial charge in [0.25, 0.3) is 5.19 Å². The molecule has 0 aliphatic heterocycles. The number of amides is 2. The predicted molar refractivity (Wildman–Crippen MR) is 115 cm³/mol. The molecule has 1 unspecified atom stereocenters. The molecule has 5 N–H and O–H groups in total. The summed E-state index contributed by atoms with van der Waals surface area (Å²) in [5.41, 5.74) is 5.11. The molecule has 10 heteroatoms. The van der Waals surface area contributed by atoms with Crippen LogP contribution in [0, 0.1) is 5.41 Å².